The number of rotatable bonds is 11. The van der Waals surface area contributed by atoms with E-state index < -0.39 is 25.0 Å². The normalized spacial score (nSPS) is 12.3. The fourth-order valence-corrected chi connectivity index (χ4v) is 5.13. The Labute approximate surface area is 197 Å². The fourth-order valence-electron chi connectivity index (χ4n) is 2.68. The highest BCUT2D eigenvalue weighted by atomic mass is 28.4. The molecule has 2 rings (SSSR count). The lowest BCUT2D eigenvalue weighted by Crippen LogP contribution is -2.32. The minimum Gasteiger partial charge on any atom is -0.540 e. The zero-order valence-corrected chi connectivity index (χ0v) is 23.3. The topological polar surface area (TPSA) is 27.7 Å². The van der Waals surface area contributed by atoms with Crippen LogP contribution in [0.2, 0.25) is 39.3 Å². The molecule has 0 spiro atoms. The molecule has 0 radical (unpaired) electrons. The highest BCUT2D eigenvalue weighted by Crippen LogP contribution is 2.29. The lowest BCUT2D eigenvalue weighted by atomic mass is 10.1. The summed E-state index contributed by atoms with van der Waals surface area (Å²) < 4.78 is 18.6. The molecular formula is C26H36O3Si3. The van der Waals surface area contributed by atoms with Crippen molar-refractivity contribution in [2.75, 3.05) is 0 Å². The molecule has 3 nitrogen and oxygen atoms in total. The first kappa shape index (κ1) is 25.7. The van der Waals surface area contributed by atoms with Crippen LogP contribution in [0.25, 0.3) is 12.2 Å². The first-order chi connectivity index (χ1) is 14.9. The van der Waals surface area contributed by atoms with Gasteiger partial charge in [-0.05, 0) is 74.7 Å². The standard InChI is InChI=1S/C26H36O3Si3/c1-10-30(4,5)27-24-17-15-22(16-18-24)13-14-23-19-25(28-31(6,7)11-2)21-26(20-23)29-32(8,9)12-3/h10-21H,1-3H2,4-9H3. The van der Waals surface area contributed by atoms with Gasteiger partial charge in [0.1, 0.15) is 17.2 Å². The Morgan fingerprint density at radius 2 is 0.906 bits per heavy atom. The molecule has 0 aliphatic carbocycles. The number of hydrogen-bond acceptors (Lipinski definition) is 3. The average Bonchev–Trinajstić information content (AvgIpc) is 2.72. The molecule has 0 N–H and O–H groups in total. The molecule has 6 heteroatoms. The second-order valence-corrected chi connectivity index (χ2v) is 20.8. The van der Waals surface area contributed by atoms with E-state index in [0.717, 1.165) is 28.4 Å². The maximum absolute atomic E-state index is 6.28. The van der Waals surface area contributed by atoms with E-state index in [-0.39, 0.29) is 0 Å². The lowest BCUT2D eigenvalue weighted by molar-refractivity contribution is 0.538. The Morgan fingerprint density at radius 1 is 0.531 bits per heavy atom. The van der Waals surface area contributed by atoms with Gasteiger partial charge in [0, 0.05) is 6.07 Å². The summed E-state index contributed by atoms with van der Waals surface area (Å²) >= 11 is 0. The van der Waals surface area contributed by atoms with E-state index in [1.807, 2.05) is 47.4 Å². The molecule has 2 aromatic carbocycles. The van der Waals surface area contributed by atoms with Crippen molar-refractivity contribution >= 4 is 37.1 Å². The summed E-state index contributed by atoms with van der Waals surface area (Å²) in [7, 11) is -5.83. The summed E-state index contributed by atoms with van der Waals surface area (Å²) in [5.41, 5.74) is 7.89. The summed E-state index contributed by atoms with van der Waals surface area (Å²) in [4.78, 5) is 0. The summed E-state index contributed by atoms with van der Waals surface area (Å²) in [5, 5.41) is 0. The summed E-state index contributed by atoms with van der Waals surface area (Å²) in [6.45, 7) is 24.4. The fraction of sp³-hybridized carbons (Fsp3) is 0.231. The van der Waals surface area contributed by atoms with Crippen LogP contribution in [0.3, 0.4) is 0 Å². The van der Waals surface area contributed by atoms with Crippen molar-refractivity contribution in [2.24, 2.45) is 0 Å². The van der Waals surface area contributed by atoms with E-state index in [9.17, 15) is 0 Å². The van der Waals surface area contributed by atoms with E-state index in [1.54, 1.807) is 0 Å². The number of benzene rings is 2. The first-order valence-electron chi connectivity index (χ1n) is 10.8. The van der Waals surface area contributed by atoms with E-state index in [0.29, 0.717) is 0 Å². The van der Waals surface area contributed by atoms with Crippen LogP contribution in [-0.4, -0.2) is 25.0 Å². The van der Waals surface area contributed by atoms with Crippen molar-refractivity contribution in [1.82, 2.24) is 0 Å². The summed E-state index contributed by atoms with van der Waals surface area (Å²) in [5.74, 6) is 2.47. The third-order valence-electron chi connectivity index (χ3n) is 4.87. The van der Waals surface area contributed by atoms with Gasteiger partial charge < -0.3 is 13.3 Å². The summed E-state index contributed by atoms with van der Waals surface area (Å²) in [6.07, 6.45) is 4.15. The second-order valence-electron chi connectivity index (χ2n) is 9.37. The molecule has 0 unspecified atom stereocenters. The van der Waals surface area contributed by atoms with Crippen LogP contribution in [0.4, 0.5) is 0 Å². The van der Waals surface area contributed by atoms with Crippen molar-refractivity contribution in [3.63, 3.8) is 0 Å². The zero-order valence-electron chi connectivity index (χ0n) is 20.3. The molecule has 0 aliphatic rings. The maximum Gasteiger partial charge on any atom is 0.269 e. The average molecular weight is 481 g/mol. The molecule has 32 heavy (non-hydrogen) atoms. The van der Waals surface area contributed by atoms with Gasteiger partial charge in [0.05, 0.1) is 0 Å². The third kappa shape index (κ3) is 8.18. The third-order valence-corrected chi connectivity index (χ3v) is 10.1. The van der Waals surface area contributed by atoms with E-state index in [4.69, 9.17) is 13.3 Å². The molecule has 0 aromatic heterocycles. The predicted octanol–water partition coefficient (Wildman–Crippen LogP) is 7.78. The largest absolute Gasteiger partial charge is 0.540 e. The second kappa shape index (κ2) is 10.4. The monoisotopic (exact) mass is 480 g/mol. The molecule has 0 atom stereocenters. The van der Waals surface area contributed by atoms with Crippen LogP contribution in [0.15, 0.2) is 79.3 Å². The molecule has 170 valence electrons. The first-order valence-corrected chi connectivity index (χ1v) is 19.7. The van der Waals surface area contributed by atoms with Crippen molar-refractivity contribution in [1.29, 1.82) is 0 Å². The van der Waals surface area contributed by atoms with Crippen molar-refractivity contribution in [3.05, 3.63) is 90.4 Å². The molecule has 0 heterocycles. The molecule has 0 saturated heterocycles. The van der Waals surface area contributed by atoms with Crippen molar-refractivity contribution in [2.45, 2.75) is 39.3 Å². The van der Waals surface area contributed by atoms with E-state index >= 15 is 0 Å². The smallest absolute Gasteiger partial charge is 0.269 e. The molecule has 0 bridgehead atoms. The van der Waals surface area contributed by atoms with Crippen LogP contribution in [0.5, 0.6) is 17.2 Å². The van der Waals surface area contributed by atoms with Crippen LogP contribution >= 0.6 is 0 Å². The minimum absolute atomic E-state index is 0.799. The van der Waals surface area contributed by atoms with Gasteiger partial charge in [-0.1, -0.05) is 41.4 Å². The van der Waals surface area contributed by atoms with Gasteiger partial charge in [-0.25, -0.2) is 0 Å². The Kier molecular flexibility index (Phi) is 8.34. The van der Waals surface area contributed by atoms with Crippen LogP contribution in [0, 0.1) is 0 Å². The highest BCUT2D eigenvalue weighted by molar-refractivity contribution is 6.77. The van der Waals surface area contributed by atoms with Crippen molar-refractivity contribution in [3.8, 4) is 17.2 Å². The Morgan fingerprint density at radius 3 is 1.31 bits per heavy atom. The Bertz CT molecular complexity index is 950. The Balaban J connectivity index is 2.30. The van der Waals surface area contributed by atoms with Gasteiger partial charge in [0.15, 0.2) is 0 Å². The SMILES string of the molecule is C=C[Si](C)(C)Oc1ccc(C=Cc2cc(O[Si](C)(C)C=C)cc(O[Si](C)(C)C=C)c2)cc1. The minimum atomic E-state index is -1.99. The molecule has 0 amide bonds. The molecule has 0 fully saturated rings. The highest BCUT2D eigenvalue weighted by Gasteiger charge is 2.23. The quantitative estimate of drug-likeness (QED) is 0.243. The zero-order chi connectivity index (χ0) is 24.0. The van der Waals surface area contributed by atoms with E-state index in [2.05, 4.69) is 83.3 Å². The molecule has 2 aromatic rings. The molecular weight excluding hydrogens is 445 g/mol. The van der Waals surface area contributed by atoms with Gasteiger partial charge in [-0.2, -0.15) is 0 Å². The molecule has 0 aliphatic heterocycles. The van der Waals surface area contributed by atoms with Crippen LogP contribution < -0.4 is 13.3 Å². The van der Waals surface area contributed by atoms with Crippen LogP contribution in [-0.2, 0) is 0 Å². The maximum atomic E-state index is 6.28. The van der Waals surface area contributed by atoms with Gasteiger partial charge in [-0.15, -0.1) is 19.7 Å². The summed E-state index contributed by atoms with van der Waals surface area (Å²) in [6, 6.07) is 14.2. The van der Waals surface area contributed by atoms with E-state index in [1.165, 1.54) is 0 Å². The van der Waals surface area contributed by atoms with Gasteiger partial charge in [0.2, 0.25) is 0 Å². The van der Waals surface area contributed by atoms with Gasteiger partial charge >= 0.3 is 0 Å². The predicted molar refractivity (Wildman–Crippen MR) is 147 cm³/mol. The van der Waals surface area contributed by atoms with Crippen LogP contribution in [0.1, 0.15) is 11.1 Å². The van der Waals surface area contributed by atoms with Crippen molar-refractivity contribution < 1.29 is 13.3 Å². The molecule has 0 saturated carbocycles. The number of hydrogen-bond donors (Lipinski definition) is 0. The van der Waals surface area contributed by atoms with Gasteiger partial charge in [-0.3, -0.25) is 0 Å². The lowest BCUT2D eigenvalue weighted by Gasteiger charge is -2.24. The Hall–Kier alpha value is -2.55. The van der Waals surface area contributed by atoms with Gasteiger partial charge in [0.25, 0.3) is 25.0 Å².